The highest BCUT2D eigenvalue weighted by molar-refractivity contribution is 6.43. The molecule has 0 aliphatic heterocycles. The lowest BCUT2D eigenvalue weighted by Crippen LogP contribution is -2.15. The molecule has 0 aromatic carbocycles. The fourth-order valence-corrected chi connectivity index (χ4v) is 3.26. The first kappa shape index (κ1) is 25.8. The van der Waals surface area contributed by atoms with Crippen molar-refractivity contribution in [1.29, 1.82) is 0 Å². The number of ether oxygens (including phenoxy) is 3. The SMILES string of the molecule is COC(=O)C(=O)c1c[nH]c2c(=O)cc[nH]c12.COC(=O)C(=O)c1cn(C)c2c(OC)ccnc12.[2H]CF. The van der Waals surface area contributed by atoms with Gasteiger partial charge in [-0.1, -0.05) is 0 Å². The van der Waals surface area contributed by atoms with Crippen molar-refractivity contribution in [2.45, 2.75) is 0 Å². The predicted molar refractivity (Wildman–Crippen MR) is 126 cm³/mol. The zero-order valence-corrected chi connectivity index (χ0v) is 19.7. The average Bonchev–Trinajstić information content (AvgIpc) is 3.50. The van der Waals surface area contributed by atoms with Crippen molar-refractivity contribution in [2.75, 3.05) is 28.5 Å². The van der Waals surface area contributed by atoms with Gasteiger partial charge in [0, 0.05) is 44.0 Å². The highest BCUT2D eigenvalue weighted by Crippen LogP contribution is 2.27. The van der Waals surface area contributed by atoms with Gasteiger partial charge in [0.25, 0.3) is 11.6 Å². The van der Waals surface area contributed by atoms with Crippen molar-refractivity contribution in [3.63, 3.8) is 0 Å². The number of nitrogens with one attached hydrogen (secondary N) is 2. The van der Waals surface area contributed by atoms with Gasteiger partial charge in [-0.05, 0) is 0 Å². The third-order valence-corrected chi connectivity index (χ3v) is 4.86. The van der Waals surface area contributed by atoms with Gasteiger partial charge in [0.15, 0.2) is 0 Å². The Kier molecular flexibility index (Phi) is 8.64. The van der Waals surface area contributed by atoms with Gasteiger partial charge < -0.3 is 28.7 Å². The van der Waals surface area contributed by atoms with Crippen molar-refractivity contribution in [3.05, 3.63) is 58.3 Å². The number of hydrogen-bond acceptors (Lipinski definition) is 9. The summed E-state index contributed by atoms with van der Waals surface area (Å²) in [5, 5.41) is 0. The van der Waals surface area contributed by atoms with Crippen molar-refractivity contribution >= 4 is 45.6 Å². The molecule has 190 valence electrons. The molecular formula is C23H23FN4O8. The number of Topliss-reactive ketones (excluding diaryl/α,β-unsaturated/α-hetero) is 2. The normalized spacial score (nSPS) is 10.3. The second kappa shape index (κ2) is 12.1. The largest absolute Gasteiger partial charge is 0.494 e. The van der Waals surface area contributed by atoms with Gasteiger partial charge in [0.05, 0.1) is 46.5 Å². The van der Waals surface area contributed by atoms with Crippen molar-refractivity contribution in [1.82, 2.24) is 19.5 Å². The van der Waals surface area contributed by atoms with Crippen molar-refractivity contribution in [3.8, 4) is 5.75 Å². The van der Waals surface area contributed by atoms with Crippen molar-refractivity contribution < 1.29 is 39.1 Å². The van der Waals surface area contributed by atoms with Gasteiger partial charge >= 0.3 is 11.9 Å². The van der Waals surface area contributed by atoms with E-state index in [9.17, 15) is 28.4 Å². The summed E-state index contributed by atoms with van der Waals surface area (Å²) in [5.41, 5.74) is 1.70. The Morgan fingerprint density at radius 3 is 2.19 bits per heavy atom. The zero-order chi connectivity index (χ0) is 27.7. The first-order valence-electron chi connectivity index (χ1n) is 10.6. The molecule has 13 heteroatoms. The number of aromatic nitrogens is 4. The molecule has 0 unspecified atom stereocenters. The number of aromatic amines is 2. The third-order valence-electron chi connectivity index (χ3n) is 4.86. The summed E-state index contributed by atoms with van der Waals surface area (Å²) in [7, 11) is 4.57. The van der Waals surface area contributed by atoms with Crippen LogP contribution in [0.25, 0.3) is 22.1 Å². The Hall–Kier alpha value is -4.81. The number of nitrogens with zero attached hydrogens (tertiary/aromatic N) is 2. The van der Waals surface area contributed by atoms with Crippen LogP contribution in [0.4, 0.5) is 4.39 Å². The van der Waals surface area contributed by atoms with E-state index in [0.29, 0.717) is 22.3 Å². The molecular weight excluding hydrogens is 479 g/mol. The maximum Gasteiger partial charge on any atom is 0.379 e. The van der Waals surface area contributed by atoms with Crippen molar-refractivity contribution in [2.24, 2.45) is 7.05 Å². The molecule has 0 amide bonds. The topological polar surface area (TPSA) is 162 Å². The number of halogens is 1. The molecule has 0 radical (unpaired) electrons. The molecule has 0 aliphatic rings. The first-order chi connectivity index (χ1) is 17.7. The summed E-state index contributed by atoms with van der Waals surface area (Å²) in [4.78, 5) is 66.6. The Morgan fingerprint density at radius 1 is 1.00 bits per heavy atom. The van der Waals surface area contributed by atoms with Gasteiger partial charge in [-0.3, -0.25) is 23.8 Å². The van der Waals surface area contributed by atoms with E-state index in [2.05, 4.69) is 24.4 Å². The Labute approximate surface area is 204 Å². The average molecular weight is 503 g/mol. The number of H-pyrrole nitrogens is 2. The van der Waals surface area contributed by atoms with E-state index in [1.165, 1.54) is 38.9 Å². The predicted octanol–water partition coefficient (Wildman–Crippen LogP) is 1.74. The Morgan fingerprint density at radius 2 is 1.61 bits per heavy atom. The molecule has 2 N–H and O–H groups in total. The lowest BCUT2D eigenvalue weighted by molar-refractivity contribution is -0.135. The quantitative estimate of drug-likeness (QED) is 0.235. The van der Waals surface area contributed by atoms with Crippen LogP contribution in [-0.2, 0) is 26.1 Å². The second-order valence-electron chi connectivity index (χ2n) is 6.80. The molecule has 0 fully saturated rings. The number of fused-ring (bicyclic) bond motifs is 2. The standard InChI is InChI=1S/C12H12N2O4.C10H8N2O4.CH3F/c1-14-6-7(11(15)12(16)18-3)9-10(14)8(17-2)4-5-13-9;1-16-10(15)9(14)5-4-12-8-6(13)2-3-11-7(5)8;1-2/h4-6H,1-3H3;2-4,12H,1H3,(H,11,13);1H3/i;;1D. The molecule has 4 heterocycles. The molecule has 0 atom stereocenters. The van der Waals surface area contributed by atoms with E-state index < -0.39 is 30.7 Å². The Balaban J connectivity index is 0.000000237. The lowest BCUT2D eigenvalue weighted by atomic mass is 10.2. The minimum absolute atomic E-state index is 0.0968. The van der Waals surface area contributed by atoms with Crippen LogP contribution in [0.3, 0.4) is 0 Å². The van der Waals surface area contributed by atoms with Gasteiger partial charge in [-0.2, -0.15) is 0 Å². The number of pyridine rings is 2. The van der Waals surface area contributed by atoms with E-state index in [0.717, 1.165) is 7.11 Å². The number of carbonyl (C=O) groups is 4. The van der Waals surface area contributed by atoms with Crippen LogP contribution in [0.1, 0.15) is 22.1 Å². The minimum atomic E-state index is -1.00. The van der Waals surface area contributed by atoms with Gasteiger partial charge in [0.2, 0.25) is 5.43 Å². The summed E-state index contributed by atoms with van der Waals surface area (Å²) < 4.78 is 31.1. The smallest absolute Gasteiger partial charge is 0.379 e. The van der Waals surface area contributed by atoms with Crippen LogP contribution in [0.15, 0.2) is 41.7 Å². The fourth-order valence-electron chi connectivity index (χ4n) is 3.26. The number of alkyl halides is 1. The highest BCUT2D eigenvalue weighted by atomic mass is 19.1. The van der Waals surface area contributed by atoms with Crippen LogP contribution in [0.2, 0.25) is 0 Å². The van der Waals surface area contributed by atoms with Crippen LogP contribution >= 0.6 is 0 Å². The van der Waals surface area contributed by atoms with E-state index >= 15 is 0 Å². The molecule has 0 saturated carbocycles. The number of aryl methyl sites for hydroxylation is 1. The summed E-state index contributed by atoms with van der Waals surface area (Å²) in [6.07, 6.45) is 5.78. The van der Waals surface area contributed by atoms with Crippen LogP contribution in [-0.4, -0.2) is 71.5 Å². The van der Waals surface area contributed by atoms with E-state index in [1.54, 1.807) is 23.9 Å². The lowest BCUT2D eigenvalue weighted by Gasteiger charge is -2.03. The first-order valence-corrected chi connectivity index (χ1v) is 9.93. The van der Waals surface area contributed by atoms with E-state index in [-0.39, 0.29) is 22.1 Å². The molecule has 4 rings (SSSR count). The molecule has 4 aromatic rings. The number of methoxy groups -OCH3 is 3. The minimum Gasteiger partial charge on any atom is -0.494 e. The molecule has 0 saturated heterocycles. The van der Waals surface area contributed by atoms with Crippen LogP contribution in [0, 0.1) is 0 Å². The van der Waals surface area contributed by atoms with E-state index in [4.69, 9.17) is 6.11 Å². The number of esters is 2. The number of hydrogen-bond donors (Lipinski definition) is 2. The highest BCUT2D eigenvalue weighted by Gasteiger charge is 2.24. The van der Waals surface area contributed by atoms with Gasteiger partial charge in [-0.25, -0.2) is 9.59 Å². The van der Waals surface area contributed by atoms with Gasteiger partial charge in [0.1, 0.15) is 22.3 Å². The monoisotopic (exact) mass is 503 g/mol. The molecule has 0 aliphatic carbocycles. The Bertz CT molecular complexity index is 1510. The van der Waals surface area contributed by atoms with E-state index in [1.807, 2.05) is 0 Å². The second-order valence-corrected chi connectivity index (χ2v) is 6.80. The summed E-state index contributed by atoms with van der Waals surface area (Å²) in [6.45, 7) is 0. The number of ketones is 2. The third kappa shape index (κ3) is 5.29. The molecule has 36 heavy (non-hydrogen) atoms. The molecule has 12 nitrogen and oxygen atoms in total. The summed E-state index contributed by atoms with van der Waals surface area (Å²) in [5.74, 6) is -2.80. The number of carbonyl (C=O) groups excluding carboxylic acids is 4. The van der Waals surface area contributed by atoms with Crippen LogP contribution < -0.4 is 10.2 Å². The molecule has 0 spiro atoms. The molecule has 0 bridgehead atoms. The zero-order valence-electron chi connectivity index (χ0n) is 20.7. The number of rotatable bonds is 5. The molecule has 4 aromatic heterocycles. The fraction of sp³-hybridized carbons (Fsp3) is 0.217. The van der Waals surface area contributed by atoms with Gasteiger partial charge in [-0.15, -0.1) is 0 Å². The summed E-state index contributed by atoms with van der Waals surface area (Å²) in [6, 6.07) is 3.01. The maximum absolute atomic E-state index is 11.8. The summed E-state index contributed by atoms with van der Waals surface area (Å²) >= 11 is 0. The van der Waals surface area contributed by atoms with Crippen LogP contribution in [0.5, 0.6) is 5.75 Å². The maximum atomic E-state index is 11.8.